The van der Waals surface area contributed by atoms with Gasteiger partial charge in [-0.05, 0) is 30.0 Å². The maximum Gasteiger partial charge on any atom is 0.322 e. The summed E-state index contributed by atoms with van der Waals surface area (Å²) in [6.45, 7) is 10.1. The van der Waals surface area contributed by atoms with Gasteiger partial charge < -0.3 is 15.2 Å². The van der Waals surface area contributed by atoms with Gasteiger partial charge in [-0.2, -0.15) is 0 Å². The van der Waals surface area contributed by atoms with E-state index in [1.54, 1.807) is 29.6 Å². The fourth-order valence-corrected chi connectivity index (χ4v) is 3.13. The highest BCUT2D eigenvalue weighted by Crippen LogP contribution is 2.25. The van der Waals surface area contributed by atoms with E-state index in [-0.39, 0.29) is 23.4 Å². The van der Waals surface area contributed by atoms with E-state index in [0.717, 1.165) is 11.3 Å². The van der Waals surface area contributed by atoms with E-state index in [1.807, 2.05) is 23.8 Å². The average Bonchev–Trinajstić information content (AvgIpc) is 3.25. The molecule has 7 heteroatoms. The van der Waals surface area contributed by atoms with Crippen LogP contribution in [0.5, 0.6) is 0 Å². The van der Waals surface area contributed by atoms with Crippen molar-refractivity contribution in [2.24, 2.45) is 5.41 Å². The van der Waals surface area contributed by atoms with Gasteiger partial charge in [-0.25, -0.2) is 9.78 Å². The van der Waals surface area contributed by atoms with E-state index < -0.39 is 0 Å². The van der Waals surface area contributed by atoms with Crippen molar-refractivity contribution in [2.75, 3.05) is 18.0 Å². The van der Waals surface area contributed by atoms with E-state index in [1.165, 1.54) is 0 Å². The van der Waals surface area contributed by atoms with Gasteiger partial charge in [-0.15, -0.1) is 0 Å². The van der Waals surface area contributed by atoms with Crippen LogP contribution in [0, 0.1) is 12.3 Å². The summed E-state index contributed by atoms with van der Waals surface area (Å²) < 4.78 is 1.96. The van der Waals surface area contributed by atoms with Gasteiger partial charge in [0.15, 0.2) is 0 Å². The van der Waals surface area contributed by atoms with Crippen molar-refractivity contribution in [2.45, 2.75) is 40.3 Å². The van der Waals surface area contributed by atoms with E-state index in [4.69, 9.17) is 0 Å². The zero-order chi connectivity index (χ0) is 19.6. The van der Waals surface area contributed by atoms with Crippen molar-refractivity contribution in [1.82, 2.24) is 20.2 Å². The van der Waals surface area contributed by atoms with E-state index in [0.29, 0.717) is 25.2 Å². The van der Waals surface area contributed by atoms with Crippen LogP contribution < -0.4 is 15.5 Å². The highest BCUT2D eigenvalue weighted by Gasteiger charge is 2.28. The van der Waals surface area contributed by atoms with Crippen LogP contribution in [-0.4, -0.2) is 40.6 Å². The number of hydrogen-bond acceptors (Lipinski definition) is 3. The molecular formula is C20H27N5O2. The number of aryl methyl sites for hydroxylation is 1. The minimum absolute atomic E-state index is 0.0703. The average molecular weight is 369 g/mol. The Kier molecular flexibility index (Phi) is 5.21. The molecule has 1 aliphatic rings. The molecule has 27 heavy (non-hydrogen) atoms. The second-order valence-corrected chi connectivity index (χ2v) is 8.04. The van der Waals surface area contributed by atoms with Crippen LogP contribution in [0.2, 0.25) is 0 Å². The van der Waals surface area contributed by atoms with Gasteiger partial charge >= 0.3 is 6.03 Å². The van der Waals surface area contributed by atoms with Crippen LogP contribution in [0.3, 0.4) is 0 Å². The minimum Gasteiger partial charge on any atom is -0.347 e. The van der Waals surface area contributed by atoms with E-state index >= 15 is 0 Å². The number of nitrogens with zero attached hydrogens (tertiary/aromatic N) is 3. The molecule has 1 aliphatic heterocycles. The summed E-state index contributed by atoms with van der Waals surface area (Å²) in [4.78, 5) is 30.7. The quantitative estimate of drug-likeness (QED) is 0.850. The van der Waals surface area contributed by atoms with Gasteiger partial charge in [0.25, 0.3) is 5.91 Å². The fourth-order valence-electron chi connectivity index (χ4n) is 3.13. The topological polar surface area (TPSA) is 79.3 Å². The Morgan fingerprint density at radius 1 is 1.37 bits per heavy atom. The lowest BCUT2D eigenvalue weighted by atomic mass is 9.86. The lowest BCUT2D eigenvalue weighted by Gasteiger charge is -2.32. The first-order valence-electron chi connectivity index (χ1n) is 9.18. The number of rotatable bonds is 5. The summed E-state index contributed by atoms with van der Waals surface area (Å²) in [7, 11) is 0. The maximum absolute atomic E-state index is 12.9. The van der Waals surface area contributed by atoms with Gasteiger partial charge in [0.2, 0.25) is 0 Å². The lowest BCUT2D eigenvalue weighted by Crippen LogP contribution is -2.46. The molecule has 1 atom stereocenters. The van der Waals surface area contributed by atoms with Crippen molar-refractivity contribution in [3.05, 3.63) is 48.0 Å². The van der Waals surface area contributed by atoms with E-state index in [2.05, 4.69) is 36.4 Å². The summed E-state index contributed by atoms with van der Waals surface area (Å²) in [5.74, 6) is -0.143. The first-order chi connectivity index (χ1) is 12.8. The van der Waals surface area contributed by atoms with Crippen molar-refractivity contribution >= 4 is 17.6 Å². The van der Waals surface area contributed by atoms with Crippen LogP contribution >= 0.6 is 0 Å². The Labute approximate surface area is 159 Å². The van der Waals surface area contributed by atoms with Crippen LogP contribution in [0.1, 0.15) is 36.7 Å². The highest BCUT2D eigenvalue weighted by molar-refractivity contribution is 5.99. The number of carbonyl (C=O) groups is 2. The Balaban J connectivity index is 1.80. The molecular weight excluding hydrogens is 342 g/mol. The maximum atomic E-state index is 12.9. The SMILES string of the molecule is Cc1ccc(C(=O)N[C@@H](Cn2ccnc2)C(C)(C)C)cc1N1CCNC1=O. The molecule has 2 aromatic rings. The first-order valence-corrected chi connectivity index (χ1v) is 9.18. The van der Waals surface area contributed by atoms with Crippen LogP contribution in [0.15, 0.2) is 36.9 Å². The Morgan fingerprint density at radius 2 is 2.15 bits per heavy atom. The number of carbonyl (C=O) groups excluding carboxylic acids is 2. The van der Waals surface area contributed by atoms with Crippen molar-refractivity contribution in [3.8, 4) is 0 Å². The molecule has 144 valence electrons. The van der Waals surface area contributed by atoms with E-state index in [9.17, 15) is 9.59 Å². The molecule has 1 aromatic carbocycles. The number of nitrogens with one attached hydrogen (secondary N) is 2. The smallest absolute Gasteiger partial charge is 0.322 e. The largest absolute Gasteiger partial charge is 0.347 e. The van der Waals surface area contributed by atoms with Gasteiger partial charge in [0.1, 0.15) is 0 Å². The van der Waals surface area contributed by atoms with Crippen LogP contribution in [0.25, 0.3) is 0 Å². The lowest BCUT2D eigenvalue weighted by molar-refractivity contribution is 0.0892. The number of hydrogen-bond donors (Lipinski definition) is 2. The van der Waals surface area contributed by atoms with Crippen molar-refractivity contribution in [3.63, 3.8) is 0 Å². The fraction of sp³-hybridized carbons (Fsp3) is 0.450. The van der Waals surface area contributed by atoms with Crippen LogP contribution in [-0.2, 0) is 6.54 Å². The predicted molar refractivity (Wildman–Crippen MR) is 105 cm³/mol. The molecule has 2 heterocycles. The monoisotopic (exact) mass is 369 g/mol. The molecule has 0 bridgehead atoms. The number of benzene rings is 1. The summed E-state index contributed by atoms with van der Waals surface area (Å²) in [5.41, 5.74) is 2.17. The normalized spacial score (nSPS) is 15.6. The molecule has 7 nitrogen and oxygen atoms in total. The third-order valence-corrected chi connectivity index (χ3v) is 4.92. The second kappa shape index (κ2) is 7.42. The Morgan fingerprint density at radius 3 is 2.74 bits per heavy atom. The van der Waals surface area contributed by atoms with Crippen molar-refractivity contribution < 1.29 is 9.59 Å². The van der Waals surface area contributed by atoms with Gasteiger partial charge in [-0.3, -0.25) is 9.69 Å². The van der Waals surface area contributed by atoms with Gasteiger partial charge in [0, 0.05) is 43.3 Å². The molecule has 3 amide bonds. The summed E-state index contributed by atoms with van der Waals surface area (Å²) in [6.07, 6.45) is 5.37. The molecule has 0 spiro atoms. The molecule has 1 fully saturated rings. The van der Waals surface area contributed by atoms with Gasteiger partial charge in [0.05, 0.1) is 12.4 Å². The molecule has 0 radical (unpaired) electrons. The highest BCUT2D eigenvalue weighted by atomic mass is 16.2. The minimum atomic E-state index is -0.143. The number of urea groups is 1. The number of imidazole rings is 1. The summed E-state index contributed by atoms with van der Waals surface area (Å²) in [6, 6.07) is 5.30. The third-order valence-electron chi connectivity index (χ3n) is 4.92. The molecule has 0 aliphatic carbocycles. The molecule has 0 saturated carbocycles. The molecule has 1 aromatic heterocycles. The number of amides is 3. The molecule has 2 N–H and O–H groups in total. The summed E-state index contributed by atoms with van der Waals surface area (Å²) in [5, 5.41) is 5.95. The Hall–Kier alpha value is -2.83. The molecule has 0 unspecified atom stereocenters. The van der Waals surface area contributed by atoms with Crippen LogP contribution in [0.4, 0.5) is 10.5 Å². The zero-order valence-electron chi connectivity index (χ0n) is 16.3. The Bertz CT molecular complexity index is 823. The first kappa shape index (κ1) is 18.9. The van der Waals surface area contributed by atoms with Crippen molar-refractivity contribution in [1.29, 1.82) is 0 Å². The molecule has 1 saturated heterocycles. The number of anilines is 1. The summed E-state index contributed by atoms with van der Waals surface area (Å²) >= 11 is 0. The molecule has 3 rings (SSSR count). The van der Waals surface area contributed by atoms with Gasteiger partial charge in [-0.1, -0.05) is 26.8 Å². The third kappa shape index (κ3) is 4.30. The zero-order valence-corrected chi connectivity index (χ0v) is 16.3. The predicted octanol–water partition coefficient (Wildman–Crippen LogP) is 2.57. The number of aromatic nitrogens is 2. The second-order valence-electron chi connectivity index (χ2n) is 8.04. The standard InChI is InChI=1S/C20H27N5O2/c1-14-5-6-15(11-16(14)25-10-8-22-19(25)27)18(26)23-17(20(2,3)4)12-24-9-7-21-13-24/h5-7,9,11,13,17H,8,10,12H2,1-4H3,(H,22,27)(H,23,26)/t17-/m0/s1.